The molecular weight excluding hydrogens is 244 g/mol. The summed E-state index contributed by atoms with van der Waals surface area (Å²) in [6, 6.07) is 8.50. The average molecular weight is 266 g/mol. The third kappa shape index (κ3) is 5.10. The van der Waals surface area contributed by atoms with Gasteiger partial charge in [0.25, 0.3) is 0 Å². The fraction of sp³-hybridized carbons (Fsp3) is 0.500. The molecule has 18 heavy (non-hydrogen) atoms. The van der Waals surface area contributed by atoms with Crippen molar-refractivity contribution in [3.8, 4) is 0 Å². The Balaban J connectivity index is 2.36. The molecule has 100 valence electrons. The van der Waals surface area contributed by atoms with E-state index >= 15 is 0 Å². The Hall–Kier alpha value is -1.00. The van der Waals surface area contributed by atoms with Crippen LogP contribution >= 0.6 is 11.8 Å². The highest BCUT2D eigenvalue weighted by molar-refractivity contribution is 7.98. The third-order valence-electron chi connectivity index (χ3n) is 2.92. The standard InChI is InChI=1S/C14H22N2OS/c1-16(14(17)4-3-10-15)11-9-12-5-7-13(18-2)8-6-12/h5-8H,3-4,9-11,15H2,1-2H3. The molecule has 1 aromatic carbocycles. The summed E-state index contributed by atoms with van der Waals surface area (Å²) in [5.74, 6) is 0.182. The minimum absolute atomic E-state index is 0.182. The molecule has 0 bridgehead atoms. The molecule has 3 nitrogen and oxygen atoms in total. The van der Waals surface area contributed by atoms with E-state index in [0.29, 0.717) is 13.0 Å². The van der Waals surface area contributed by atoms with Crippen LogP contribution in [0.5, 0.6) is 0 Å². The van der Waals surface area contributed by atoms with Crippen LogP contribution < -0.4 is 5.73 Å². The highest BCUT2D eigenvalue weighted by Gasteiger charge is 2.07. The lowest BCUT2D eigenvalue weighted by molar-refractivity contribution is -0.129. The molecule has 0 saturated heterocycles. The van der Waals surface area contributed by atoms with Crippen LogP contribution in [-0.4, -0.2) is 37.2 Å². The number of rotatable bonds is 7. The van der Waals surface area contributed by atoms with Crippen molar-refractivity contribution in [3.05, 3.63) is 29.8 Å². The van der Waals surface area contributed by atoms with Gasteiger partial charge in [-0.2, -0.15) is 0 Å². The molecule has 0 atom stereocenters. The third-order valence-corrected chi connectivity index (χ3v) is 3.66. The van der Waals surface area contributed by atoms with Crippen molar-refractivity contribution in [3.63, 3.8) is 0 Å². The second-order valence-corrected chi connectivity index (χ2v) is 5.19. The Morgan fingerprint density at radius 1 is 1.33 bits per heavy atom. The number of hydrogen-bond acceptors (Lipinski definition) is 3. The fourth-order valence-corrected chi connectivity index (χ4v) is 2.07. The van der Waals surface area contributed by atoms with Crippen LogP contribution in [-0.2, 0) is 11.2 Å². The molecule has 1 amide bonds. The van der Waals surface area contributed by atoms with Crippen molar-refractivity contribution in [2.45, 2.75) is 24.2 Å². The first kappa shape index (κ1) is 15.1. The van der Waals surface area contributed by atoms with Crippen LogP contribution in [0, 0.1) is 0 Å². The van der Waals surface area contributed by atoms with Crippen LogP contribution in [0.4, 0.5) is 0 Å². The largest absolute Gasteiger partial charge is 0.345 e. The molecule has 0 saturated carbocycles. The van der Waals surface area contributed by atoms with E-state index in [1.807, 2.05) is 7.05 Å². The van der Waals surface area contributed by atoms with Gasteiger partial charge in [-0.15, -0.1) is 11.8 Å². The van der Waals surface area contributed by atoms with Crippen LogP contribution in [0.25, 0.3) is 0 Å². The smallest absolute Gasteiger partial charge is 0.222 e. The van der Waals surface area contributed by atoms with Gasteiger partial charge in [0.1, 0.15) is 0 Å². The molecule has 1 aromatic rings. The van der Waals surface area contributed by atoms with Gasteiger partial charge in [0.15, 0.2) is 0 Å². The Bertz CT molecular complexity index is 365. The lowest BCUT2D eigenvalue weighted by Gasteiger charge is -2.17. The second-order valence-electron chi connectivity index (χ2n) is 4.31. The number of amides is 1. The molecule has 0 heterocycles. The molecule has 0 aliphatic rings. The zero-order valence-electron chi connectivity index (χ0n) is 11.2. The summed E-state index contributed by atoms with van der Waals surface area (Å²) in [5.41, 5.74) is 6.67. The van der Waals surface area contributed by atoms with Crippen molar-refractivity contribution in [2.24, 2.45) is 5.73 Å². The van der Waals surface area contributed by atoms with Gasteiger partial charge in [0, 0.05) is 24.9 Å². The fourth-order valence-electron chi connectivity index (χ4n) is 1.66. The number of carbonyl (C=O) groups is 1. The maximum Gasteiger partial charge on any atom is 0.222 e. The molecule has 1 rings (SSSR count). The summed E-state index contributed by atoms with van der Waals surface area (Å²) in [6.45, 7) is 1.34. The van der Waals surface area contributed by atoms with Gasteiger partial charge in [-0.1, -0.05) is 12.1 Å². The predicted molar refractivity (Wildman–Crippen MR) is 77.9 cm³/mol. The van der Waals surface area contributed by atoms with Crippen LogP contribution in [0.1, 0.15) is 18.4 Å². The number of benzene rings is 1. The Morgan fingerprint density at radius 2 is 2.00 bits per heavy atom. The molecule has 0 aliphatic heterocycles. The van der Waals surface area contributed by atoms with E-state index in [0.717, 1.165) is 19.4 Å². The average Bonchev–Trinajstić information content (AvgIpc) is 2.42. The minimum Gasteiger partial charge on any atom is -0.345 e. The normalized spacial score (nSPS) is 10.4. The van der Waals surface area contributed by atoms with Crippen LogP contribution in [0.15, 0.2) is 29.2 Å². The maximum absolute atomic E-state index is 11.7. The maximum atomic E-state index is 11.7. The zero-order chi connectivity index (χ0) is 13.4. The van der Waals surface area contributed by atoms with Crippen molar-refractivity contribution in [1.29, 1.82) is 0 Å². The minimum atomic E-state index is 0.182. The zero-order valence-corrected chi connectivity index (χ0v) is 12.0. The van der Waals surface area contributed by atoms with E-state index in [-0.39, 0.29) is 5.91 Å². The number of thioether (sulfide) groups is 1. The summed E-state index contributed by atoms with van der Waals surface area (Å²) < 4.78 is 0. The van der Waals surface area contributed by atoms with Gasteiger partial charge in [0.05, 0.1) is 0 Å². The SMILES string of the molecule is CSc1ccc(CCN(C)C(=O)CCCN)cc1. The van der Waals surface area contributed by atoms with E-state index in [4.69, 9.17) is 5.73 Å². The van der Waals surface area contributed by atoms with Gasteiger partial charge >= 0.3 is 0 Å². The summed E-state index contributed by atoms with van der Waals surface area (Å²) in [4.78, 5) is 14.8. The molecular formula is C14H22N2OS. The molecule has 4 heteroatoms. The van der Waals surface area contributed by atoms with E-state index < -0.39 is 0 Å². The topological polar surface area (TPSA) is 46.3 Å². The van der Waals surface area contributed by atoms with Crippen molar-refractivity contribution in [2.75, 3.05) is 26.4 Å². The lowest BCUT2D eigenvalue weighted by Crippen LogP contribution is -2.29. The monoisotopic (exact) mass is 266 g/mol. The first-order valence-corrected chi connectivity index (χ1v) is 7.47. The van der Waals surface area contributed by atoms with E-state index in [1.54, 1.807) is 16.7 Å². The van der Waals surface area contributed by atoms with E-state index in [2.05, 4.69) is 30.5 Å². The first-order chi connectivity index (χ1) is 8.67. The summed E-state index contributed by atoms with van der Waals surface area (Å²) in [6.07, 6.45) is 4.29. The van der Waals surface area contributed by atoms with Crippen molar-refractivity contribution < 1.29 is 4.79 Å². The Kier molecular flexibility index (Phi) is 6.83. The van der Waals surface area contributed by atoms with Crippen LogP contribution in [0.3, 0.4) is 0 Å². The Labute approximate surface area is 114 Å². The molecule has 0 aromatic heterocycles. The van der Waals surface area contributed by atoms with Gasteiger partial charge in [-0.05, 0) is 43.3 Å². The molecule has 0 fully saturated rings. The van der Waals surface area contributed by atoms with Gasteiger partial charge in [0.2, 0.25) is 5.91 Å². The number of hydrogen-bond donors (Lipinski definition) is 1. The second kappa shape index (κ2) is 8.16. The lowest BCUT2D eigenvalue weighted by atomic mass is 10.1. The molecule has 0 unspecified atom stereocenters. The Morgan fingerprint density at radius 3 is 2.56 bits per heavy atom. The quantitative estimate of drug-likeness (QED) is 0.769. The highest BCUT2D eigenvalue weighted by Crippen LogP contribution is 2.15. The summed E-state index contributed by atoms with van der Waals surface area (Å²) in [5, 5.41) is 0. The summed E-state index contributed by atoms with van der Waals surface area (Å²) >= 11 is 1.74. The van der Waals surface area contributed by atoms with Gasteiger partial charge in [-0.3, -0.25) is 4.79 Å². The van der Waals surface area contributed by atoms with E-state index in [9.17, 15) is 4.79 Å². The van der Waals surface area contributed by atoms with Crippen LogP contribution in [0.2, 0.25) is 0 Å². The van der Waals surface area contributed by atoms with Gasteiger partial charge in [-0.25, -0.2) is 0 Å². The summed E-state index contributed by atoms with van der Waals surface area (Å²) in [7, 11) is 1.86. The van der Waals surface area contributed by atoms with E-state index in [1.165, 1.54) is 10.5 Å². The van der Waals surface area contributed by atoms with Gasteiger partial charge < -0.3 is 10.6 Å². The molecule has 0 aliphatic carbocycles. The molecule has 0 spiro atoms. The van der Waals surface area contributed by atoms with Crippen molar-refractivity contribution in [1.82, 2.24) is 4.90 Å². The molecule has 0 radical (unpaired) electrons. The predicted octanol–water partition coefficient (Wildman–Crippen LogP) is 2.15. The highest BCUT2D eigenvalue weighted by atomic mass is 32.2. The number of likely N-dealkylation sites (N-methyl/N-ethyl adjacent to an activating group) is 1. The van der Waals surface area contributed by atoms with Crippen molar-refractivity contribution >= 4 is 17.7 Å². The number of carbonyl (C=O) groups excluding carboxylic acids is 1. The number of nitrogens with zero attached hydrogens (tertiary/aromatic N) is 1. The molecule has 2 N–H and O–H groups in total. The first-order valence-electron chi connectivity index (χ1n) is 6.24. The number of nitrogens with two attached hydrogens (primary N) is 1.